The number of benzene rings is 1. The molecule has 1 aromatic carbocycles. The van der Waals surface area contributed by atoms with Gasteiger partial charge in [0.25, 0.3) is 0 Å². The first-order chi connectivity index (χ1) is 16.9. The number of rotatable bonds is 5. The molecule has 8 nitrogen and oxygen atoms in total. The number of hydrogen-bond donors (Lipinski definition) is 1. The molecule has 1 aliphatic carbocycles. The van der Waals surface area contributed by atoms with E-state index in [4.69, 9.17) is 13.6 Å². The van der Waals surface area contributed by atoms with E-state index in [1.807, 2.05) is 26.0 Å². The summed E-state index contributed by atoms with van der Waals surface area (Å²) in [7, 11) is 0. The average Bonchev–Trinajstić information content (AvgIpc) is 3.42. The molecule has 0 fully saturated rings. The number of amides is 1. The molecule has 0 spiro atoms. The van der Waals surface area contributed by atoms with Gasteiger partial charge in [0.1, 0.15) is 17.1 Å². The molecule has 5 rings (SSSR count). The van der Waals surface area contributed by atoms with E-state index in [0.717, 1.165) is 39.6 Å². The number of esters is 1. The topological polar surface area (TPSA) is 107 Å². The van der Waals surface area contributed by atoms with Crippen molar-refractivity contribution < 1.29 is 23.2 Å². The minimum atomic E-state index is -0.592. The van der Waals surface area contributed by atoms with E-state index in [9.17, 15) is 9.59 Å². The Hall–Kier alpha value is -4.20. The number of hydrazone groups is 1. The second-order valence-corrected chi connectivity index (χ2v) is 8.70. The molecule has 0 bridgehead atoms. The van der Waals surface area contributed by atoms with Crippen molar-refractivity contribution in [3.05, 3.63) is 82.3 Å². The van der Waals surface area contributed by atoms with Crippen LogP contribution in [0.25, 0.3) is 11.0 Å². The molecular formula is C27H25N3O5. The van der Waals surface area contributed by atoms with Gasteiger partial charge in [0.05, 0.1) is 24.6 Å². The SMILES string of the molecule is Cc1ccc2c(CC(=O)N/N=C3\CCCc4oc(C(=O)Oc5cccnc5)c(C)c43)coc2c1C. The number of ether oxygens (including phenoxy) is 1. The molecule has 0 atom stereocenters. The summed E-state index contributed by atoms with van der Waals surface area (Å²) in [6, 6.07) is 7.34. The molecule has 178 valence electrons. The fourth-order valence-electron chi connectivity index (χ4n) is 4.40. The number of fused-ring (bicyclic) bond motifs is 2. The predicted molar refractivity (Wildman–Crippen MR) is 130 cm³/mol. The summed E-state index contributed by atoms with van der Waals surface area (Å²) in [6.45, 7) is 5.83. The van der Waals surface area contributed by atoms with Gasteiger partial charge in [0.2, 0.25) is 11.7 Å². The average molecular weight is 472 g/mol. The third kappa shape index (κ3) is 4.35. The Morgan fingerprint density at radius 3 is 2.80 bits per heavy atom. The molecule has 3 heterocycles. The molecule has 3 aromatic heterocycles. The smallest absolute Gasteiger partial charge is 0.379 e. The van der Waals surface area contributed by atoms with Crippen molar-refractivity contribution in [1.82, 2.24) is 10.4 Å². The van der Waals surface area contributed by atoms with Crippen LogP contribution in [-0.4, -0.2) is 22.6 Å². The van der Waals surface area contributed by atoms with Gasteiger partial charge in [-0.05, 0) is 56.9 Å². The summed E-state index contributed by atoms with van der Waals surface area (Å²) in [6.07, 6.45) is 6.99. The Morgan fingerprint density at radius 1 is 1.14 bits per heavy atom. The zero-order valence-electron chi connectivity index (χ0n) is 19.8. The molecule has 8 heteroatoms. The van der Waals surface area contributed by atoms with Crippen molar-refractivity contribution in [2.75, 3.05) is 0 Å². The van der Waals surface area contributed by atoms with Gasteiger partial charge in [-0.2, -0.15) is 5.10 Å². The highest BCUT2D eigenvalue weighted by molar-refractivity contribution is 6.06. The highest BCUT2D eigenvalue weighted by Gasteiger charge is 2.29. The van der Waals surface area contributed by atoms with Crippen molar-refractivity contribution in [3.8, 4) is 5.75 Å². The number of hydrogen-bond acceptors (Lipinski definition) is 7. The summed E-state index contributed by atoms with van der Waals surface area (Å²) in [4.78, 5) is 29.3. The quantitative estimate of drug-likeness (QED) is 0.326. The van der Waals surface area contributed by atoms with E-state index >= 15 is 0 Å². The first-order valence-electron chi connectivity index (χ1n) is 11.5. The number of furan rings is 2. The van der Waals surface area contributed by atoms with Gasteiger partial charge in [0, 0.05) is 34.7 Å². The monoisotopic (exact) mass is 471 g/mol. The van der Waals surface area contributed by atoms with Crippen LogP contribution in [0.5, 0.6) is 5.75 Å². The molecule has 4 aromatic rings. The van der Waals surface area contributed by atoms with Gasteiger partial charge in [-0.1, -0.05) is 12.1 Å². The normalized spacial score (nSPS) is 14.2. The van der Waals surface area contributed by atoms with E-state index in [1.54, 1.807) is 31.5 Å². The van der Waals surface area contributed by atoms with E-state index in [2.05, 4.69) is 15.5 Å². The maximum absolute atomic E-state index is 12.7. The van der Waals surface area contributed by atoms with Crippen molar-refractivity contribution >= 4 is 28.6 Å². The fourth-order valence-corrected chi connectivity index (χ4v) is 4.40. The van der Waals surface area contributed by atoms with Crippen LogP contribution in [0.4, 0.5) is 0 Å². The summed E-state index contributed by atoms with van der Waals surface area (Å²) in [5, 5.41) is 5.33. The van der Waals surface area contributed by atoms with Gasteiger partial charge in [-0.25, -0.2) is 10.2 Å². The van der Waals surface area contributed by atoms with Crippen molar-refractivity contribution in [2.45, 2.75) is 46.5 Å². The molecule has 0 radical (unpaired) electrons. The molecule has 1 aliphatic rings. The van der Waals surface area contributed by atoms with Crippen LogP contribution in [0.1, 0.15) is 57.0 Å². The number of aromatic nitrogens is 1. The molecule has 0 saturated carbocycles. The van der Waals surface area contributed by atoms with E-state index in [1.165, 1.54) is 6.20 Å². The Bertz CT molecular complexity index is 1460. The van der Waals surface area contributed by atoms with Crippen LogP contribution < -0.4 is 10.2 Å². The van der Waals surface area contributed by atoms with Crippen LogP contribution >= 0.6 is 0 Å². The van der Waals surface area contributed by atoms with Crippen LogP contribution in [0.3, 0.4) is 0 Å². The van der Waals surface area contributed by atoms with Crippen LogP contribution in [0.2, 0.25) is 0 Å². The predicted octanol–water partition coefficient (Wildman–Crippen LogP) is 4.96. The lowest BCUT2D eigenvalue weighted by Gasteiger charge is -2.13. The standard InChI is InChI=1S/C27H25N3O5/c1-15-9-10-20-18(14-33-25(20)16(15)2)12-23(31)30-29-21-7-4-8-22-24(21)17(3)26(35-22)27(32)34-19-6-5-11-28-13-19/h5-6,9-11,13-14H,4,7-8,12H2,1-3H3,(H,30,31)/b29-21+. The minimum absolute atomic E-state index is 0.135. The highest BCUT2D eigenvalue weighted by atomic mass is 16.5. The maximum atomic E-state index is 12.7. The van der Waals surface area contributed by atoms with E-state index in [-0.39, 0.29) is 18.1 Å². The van der Waals surface area contributed by atoms with E-state index in [0.29, 0.717) is 35.6 Å². The van der Waals surface area contributed by atoms with Gasteiger partial charge in [0.15, 0.2) is 0 Å². The molecule has 1 N–H and O–H groups in total. The Labute approximate surface area is 202 Å². The Balaban J connectivity index is 1.33. The fraction of sp³-hybridized carbons (Fsp3) is 0.259. The zero-order chi connectivity index (χ0) is 24.5. The van der Waals surface area contributed by atoms with Gasteiger partial charge in [-0.15, -0.1) is 0 Å². The number of pyridine rings is 1. The summed E-state index contributed by atoms with van der Waals surface area (Å²) in [5.74, 6) is 0.306. The molecule has 1 amide bonds. The van der Waals surface area contributed by atoms with Crippen LogP contribution in [0, 0.1) is 20.8 Å². The first-order valence-corrected chi connectivity index (χ1v) is 11.5. The number of carbonyl (C=O) groups excluding carboxylic acids is 2. The molecule has 0 unspecified atom stereocenters. The third-order valence-corrected chi connectivity index (χ3v) is 6.36. The van der Waals surface area contributed by atoms with Crippen molar-refractivity contribution in [1.29, 1.82) is 0 Å². The number of aryl methyl sites for hydroxylation is 3. The van der Waals surface area contributed by atoms with Crippen LogP contribution in [0.15, 0.2) is 56.9 Å². The lowest BCUT2D eigenvalue weighted by molar-refractivity contribution is -0.120. The molecule has 35 heavy (non-hydrogen) atoms. The van der Waals surface area contributed by atoms with Crippen molar-refractivity contribution in [3.63, 3.8) is 0 Å². The molecular weight excluding hydrogens is 446 g/mol. The Kier molecular flexibility index (Phi) is 5.94. The second kappa shape index (κ2) is 9.21. The Morgan fingerprint density at radius 2 is 2.00 bits per heavy atom. The highest BCUT2D eigenvalue weighted by Crippen LogP contribution is 2.31. The first kappa shape index (κ1) is 22.6. The van der Waals surface area contributed by atoms with Gasteiger partial charge >= 0.3 is 5.97 Å². The summed E-state index contributed by atoms with van der Waals surface area (Å²) >= 11 is 0. The summed E-state index contributed by atoms with van der Waals surface area (Å²) in [5.41, 5.74) is 8.58. The minimum Gasteiger partial charge on any atom is -0.464 e. The number of nitrogens with zero attached hydrogens (tertiary/aromatic N) is 2. The van der Waals surface area contributed by atoms with Gasteiger partial charge < -0.3 is 13.6 Å². The zero-order valence-corrected chi connectivity index (χ0v) is 19.8. The second-order valence-electron chi connectivity index (χ2n) is 8.70. The maximum Gasteiger partial charge on any atom is 0.379 e. The largest absolute Gasteiger partial charge is 0.464 e. The molecule has 0 aliphatic heterocycles. The lowest BCUT2D eigenvalue weighted by atomic mass is 9.93. The number of carbonyl (C=O) groups is 2. The van der Waals surface area contributed by atoms with Crippen molar-refractivity contribution in [2.24, 2.45) is 5.10 Å². The van der Waals surface area contributed by atoms with E-state index < -0.39 is 5.97 Å². The lowest BCUT2D eigenvalue weighted by Crippen LogP contribution is -2.23. The van der Waals surface area contributed by atoms with Gasteiger partial charge in [-0.3, -0.25) is 9.78 Å². The molecule has 0 saturated heterocycles. The van der Waals surface area contributed by atoms with Crippen LogP contribution in [-0.2, 0) is 17.6 Å². The third-order valence-electron chi connectivity index (χ3n) is 6.36. The summed E-state index contributed by atoms with van der Waals surface area (Å²) < 4.78 is 17.0. The number of nitrogens with one attached hydrogen (secondary N) is 1.